The van der Waals surface area contributed by atoms with E-state index in [2.05, 4.69) is 20.0 Å². The van der Waals surface area contributed by atoms with Crippen molar-refractivity contribution in [2.45, 2.75) is 13.8 Å². The second-order valence-corrected chi connectivity index (χ2v) is 4.46. The normalized spacial score (nSPS) is 12.1. The fourth-order valence-electron chi connectivity index (χ4n) is 1.18. The summed E-state index contributed by atoms with van der Waals surface area (Å²) >= 11 is 1.25. The molecule has 0 aromatic carbocycles. The first kappa shape index (κ1) is 15.8. The molecule has 0 bridgehead atoms. The lowest BCUT2D eigenvalue weighted by Crippen LogP contribution is -2.17. The minimum atomic E-state index is -0.549. The number of allylic oxidation sites excluding steroid dienone is 1. The van der Waals surface area contributed by atoms with Crippen molar-refractivity contribution in [1.82, 2.24) is 4.98 Å². The van der Waals surface area contributed by atoms with Gasteiger partial charge in [-0.1, -0.05) is 0 Å². The highest BCUT2D eigenvalue weighted by atomic mass is 32.1. The molecule has 0 fully saturated rings. The van der Waals surface area contributed by atoms with Crippen LogP contribution in [-0.4, -0.2) is 41.3 Å². The summed E-state index contributed by atoms with van der Waals surface area (Å²) in [6, 6.07) is 0. The average molecular weight is 297 g/mol. The summed E-state index contributed by atoms with van der Waals surface area (Å²) in [6.45, 7) is 3.09. The van der Waals surface area contributed by atoms with Gasteiger partial charge < -0.3 is 9.84 Å². The van der Waals surface area contributed by atoms with E-state index in [4.69, 9.17) is 0 Å². The number of rotatable bonds is 6. The summed E-state index contributed by atoms with van der Waals surface area (Å²) in [6.07, 6.45) is 2.68. The third-order valence-corrected chi connectivity index (χ3v) is 2.72. The summed E-state index contributed by atoms with van der Waals surface area (Å²) < 4.78 is 4.69. The maximum absolute atomic E-state index is 11.9. The predicted molar refractivity (Wildman–Crippen MR) is 76.1 cm³/mol. The summed E-state index contributed by atoms with van der Waals surface area (Å²) in [5.74, 6) is -1.25. The number of nitrogens with one attached hydrogen (secondary N) is 1. The molecule has 0 saturated carbocycles. The van der Waals surface area contributed by atoms with Crippen LogP contribution >= 0.6 is 11.3 Å². The van der Waals surface area contributed by atoms with E-state index >= 15 is 0 Å². The predicted octanol–water partition coefficient (Wildman–Crippen LogP) is 1.55. The van der Waals surface area contributed by atoms with Gasteiger partial charge in [-0.2, -0.15) is 0 Å². The molecule has 7 nitrogen and oxygen atoms in total. The fourth-order valence-corrected chi connectivity index (χ4v) is 1.71. The van der Waals surface area contributed by atoms with Gasteiger partial charge in [-0.25, -0.2) is 4.98 Å². The number of thiazole rings is 1. The molecule has 0 aliphatic rings. The zero-order valence-corrected chi connectivity index (χ0v) is 11.9. The molecule has 20 heavy (non-hydrogen) atoms. The molecule has 1 heterocycles. The molecule has 0 aliphatic carbocycles. The zero-order chi connectivity index (χ0) is 15.0. The number of aliphatic hydroxyl groups excluding tert-OH is 1. The molecule has 8 heteroatoms. The maximum atomic E-state index is 11.9. The highest BCUT2D eigenvalue weighted by Gasteiger charge is 2.12. The van der Waals surface area contributed by atoms with Crippen LogP contribution in [0.3, 0.4) is 0 Å². The molecule has 1 rings (SSSR count). The maximum Gasteiger partial charge on any atom is 0.327 e. The van der Waals surface area contributed by atoms with Crippen LogP contribution in [0.1, 0.15) is 13.8 Å². The Morgan fingerprint density at radius 1 is 1.60 bits per heavy atom. The second-order valence-electron chi connectivity index (χ2n) is 3.57. The van der Waals surface area contributed by atoms with Crippen LogP contribution in [0.2, 0.25) is 0 Å². The molecule has 0 saturated heterocycles. The largest absolute Gasteiger partial charge is 0.512 e. The van der Waals surface area contributed by atoms with Crippen molar-refractivity contribution in [3.05, 3.63) is 22.9 Å². The molecule has 2 N–H and O–H groups in total. The van der Waals surface area contributed by atoms with Gasteiger partial charge in [-0.05, 0) is 13.8 Å². The first-order valence-corrected chi connectivity index (χ1v) is 6.68. The first-order valence-electron chi connectivity index (χ1n) is 5.80. The Morgan fingerprint density at radius 3 is 2.90 bits per heavy atom. The van der Waals surface area contributed by atoms with Crippen molar-refractivity contribution in [1.29, 1.82) is 0 Å². The van der Waals surface area contributed by atoms with Crippen LogP contribution in [0, 0.1) is 0 Å². The first-order chi connectivity index (χ1) is 9.54. The lowest BCUT2D eigenvalue weighted by molar-refractivity contribution is -0.141. The van der Waals surface area contributed by atoms with Crippen LogP contribution in [0.4, 0.5) is 5.13 Å². The Balaban J connectivity index is 2.66. The lowest BCUT2D eigenvalue weighted by atomic mass is 10.2. The molecule has 0 radical (unpaired) electrons. The monoisotopic (exact) mass is 297 g/mol. The number of carbonyl (C=O) groups is 2. The number of esters is 1. The van der Waals surface area contributed by atoms with Crippen molar-refractivity contribution in [2.24, 2.45) is 4.99 Å². The van der Waals surface area contributed by atoms with Gasteiger partial charge >= 0.3 is 5.97 Å². The molecule has 0 aliphatic heterocycles. The molecule has 1 aromatic rings. The number of aliphatic imine (C=N–C) groups is 1. The Labute approximate surface area is 120 Å². The molecular weight excluding hydrogens is 282 g/mol. The van der Waals surface area contributed by atoms with Crippen LogP contribution in [0.25, 0.3) is 0 Å². The SMILES string of the molecule is CCOC(=O)CN=C/C(C(=O)Nc1nccs1)=C(/C)O. The number of hydrogen-bond acceptors (Lipinski definition) is 7. The molecule has 0 spiro atoms. The zero-order valence-electron chi connectivity index (χ0n) is 11.1. The van der Waals surface area contributed by atoms with Crippen molar-refractivity contribution < 1.29 is 19.4 Å². The van der Waals surface area contributed by atoms with Gasteiger partial charge in [0.1, 0.15) is 12.3 Å². The third-order valence-electron chi connectivity index (χ3n) is 2.03. The minimum Gasteiger partial charge on any atom is -0.512 e. The molecule has 1 amide bonds. The highest BCUT2D eigenvalue weighted by molar-refractivity contribution is 7.13. The van der Waals surface area contributed by atoms with Gasteiger partial charge in [0.15, 0.2) is 5.13 Å². The van der Waals surface area contributed by atoms with Crippen molar-refractivity contribution in [3.63, 3.8) is 0 Å². The molecule has 0 unspecified atom stereocenters. The van der Waals surface area contributed by atoms with E-state index in [9.17, 15) is 14.7 Å². The van der Waals surface area contributed by atoms with E-state index in [1.807, 2.05) is 0 Å². The number of hydrogen-bond donors (Lipinski definition) is 2. The van der Waals surface area contributed by atoms with Crippen molar-refractivity contribution >= 4 is 34.6 Å². The average Bonchev–Trinajstić information content (AvgIpc) is 2.87. The van der Waals surface area contributed by atoms with Gasteiger partial charge in [0.25, 0.3) is 5.91 Å². The number of carbonyl (C=O) groups excluding carboxylic acids is 2. The standard InChI is InChI=1S/C12H15N3O4S/c1-3-19-10(17)7-13-6-9(8(2)16)11(18)15-12-14-4-5-20-12/h4-6,16H,3,7H2,1-2H3,(H,14,15,18)/b9-8+,13-6?. The molecule has 108 valence electrons. The van der Waals surface area contributed by atoms with Crippen LogP contribution in [0.15, 0.2) is 27.9 Å². The number of aliphatic hydroxyl groups is 1. The third kappa shape index (κ3) is 5.19. The van der Waals surface area contributed by atoms with E-state index in [-0.39, 0.29) is 24.5 Å². The van der Waals surface area contributed by atoms with Gasteiger partial charge in [0.05, 0.1) is 12.2 Å². The molecule has 0 atom stereocenters. The number of amides is 1. The second kappa shape index (κ2) is 8.05. The Morgan fingerprint density at radius 2 is 2.35 bits per heavy atom. The van der Waals surface area contributed by atoms with E-state index in [1.165, 1.54) is 18.3 Å². The Bertz CT molecular complexity index is 519. The molecular formula is C12H15N3O4S. The van der Waals surface area contributed by atoms with Gasteiger partial charge in [0, 0.05) is 17.8 Å². The van der Waals surface area contributed by atoms with E-state index in [1.54, 1.807) is 18.5 Å². The summed E-state index contributed by atoms with van der Waals surface area (Å²) in [5.41, 5.74) is -0.0375. The van der Waals surface area contributed by atoms with Crippen LogP contribution in [0.5, 0.6) is 0 Å². The van der Waals surface area contributed by atoms with Crippen molar-refractivity contribution in [2.75, 3.05) is 18.5 Å². The Hall–Kier alpha value is -2.22. The summed E-state index contributed by atoms with van der Waals surface area (Å²) in [5, 5.41) is 14.1. The van der Waals surface area contributed by atoms with Crippen LogP contribution in [-0.2, 0) is 14.3 Å². The minimum absolute atomic E-state index is 0.0375. The number of anilines is 1. The van der Waals surface area contributed by atoms with E-state index in [0.29, 0.717) is 5.13 Å². The van der Waals surface area contributed by atoms with Crippen LogP contribution < -0.4 is 5.32 Å². The number of nitrogens with zero attached hydrogens (tertiary/aromatic N) is 2. The Kier molecular flexibility index (Phi) is 6.38. The number of ether oxygens (including phenoxy) is 1. The quantitative estimate of drug-likeness (QED) is 0.359. The highest BCUT2D eigenvalue weighted by Crippen LogP contribution is 2.12. The van der Waals surface area contributed by atoms with E-state index in [0.717, 1.165) is 6.21 Å². The van der Waals surface area contributed by atoms with Crippen molar-refractivity contribution in [3.8, 4) is 0 Å². The molecule has 1 aromatic heterocycles. The van der Waals surface area contributed by atoms with Gasteiger partial charge in [0.2, 0.25) is 0 Å². The number of aromatic nitrogens is 1. The summed E-state index contributed by atoms with van der Waals surface area (Å²) in [4.78, 5) is 30.6. The van der Waals surface area contributed by atoms with Gasteiger partial charge in [-0.3, -0.25) is 19.9 Å². The van der Waals surface area contributed by atoms with E-state index < -0.39 is 11.9 Å². The van der Waals surface area contributed by atoms with Gasteiger partial charge in [-0.15, -0.1) is 11.3 Å². The smallest absolute Gasteiger partial charge is 0.327 e. The fraction of sp³-hybridized carbons (Fsp3) is 0.333. The summed E-state index contributed by atoms with van der Waals surface area (Å²) in [7, 11) is 0. The lowest BCUT2D eigenvalue weighted by Gasteiger charge is -2.03. The topological polar surface area (TPSA) is 101 Å².